The van der Waals surface area contributed by atoms with Crippen LogP contribution >= 0.6 is 0 Å². The Balaban J connectivity index is 1.07. The summed E-state index contributed by atoms with van der Waals surface area (Å²) in [5, 5.41) is 5.11. The van der Waals surface area contributed by atoms with Crippen LogP contribution in [0.15, 0.2) is 182 Å². The highest BCUT2D eigenvalue weighted by Crippen LogP contribution is 2.52. The summed E-state index contributed by atoms with van der Waals surface area (Å²) in [7, 11) is 0. The molecule has 53 heavy (non-hydrogen) atoms. The lowest BCUT2D eigenvalue weighted by molar-refractivity contribution is 0.661. The summed E-state index contributed by atoms with van der Waals surface area (Å²) in [5.74, 6) is 0. The van der Waals surface area contributed by atoms with Crippen molar-refractivity contribution in [1.29, 1.82) is 0 Å². The van der Waals surface area contributed by atoms with Gasteiger partial charge >= 0.3 is 0 Å². The Kier molecular flexibility index (Phi) is 6.33. The molecule has 11 rings (SSSR count). The molecule has 1 aliphatic carbocycles. The van der Waals surface area contributed by atoms with Crippen molar-refractivity contribution in [2.45, 2.75) is 19.3 Å². The highest BCUT2D eigenvalue weighted by Gasteiger charge is 2.36. The van der Waals surface area contributed by atoms with E-state index in [1.165, 1.54) is 99.5 Å². The van der Waals surface area contributed by atoms with Crippen molar-refractivity contribution in [3.63, 3.8) is 0 Å². The van der Waals surface area contributed by atoms with E-state index in [9.17, 15) is 0 Å². The third kappa shape index (κ3) is 4.39. The molecule has 0 aliphatic heterocycles. The Hall–Kier alpha value is -6.64. The van der Waals surface area contributed by atoms with E-state index in [2.05, 4.69) is 205 Å². The summed E-state index contributed by atoms with van der Waals surface area (Å²) in [6, 6.07) is 67.0. The van der Waals surface area contributed by atoms with Gasteiger partial charge in [-0.15, -0.1) is 0 Å². The average molecular weight is 677 g/mol. The van der Waals surface area contributed by atoms with E-state index >= 15 is 0 Å². The Morgan fingerprint density at radius 1 is 0.321 bits per heavy atom. The van der Waals surface area contributed by atoms with Gasteiger partial charge in [0, 0.05) is 38.3 Å². The van der Waals surface area contributed by atoms with Gasteiger partial charge < -0.3 is 9.13 Å². The largest absolute Gasteiger partial charge is 0.309 e. The number of rotatable bonds is 4. The minimum Gasteiger partial charge on any atom is -0.309 e. The number of nitrogens with zero attached hydrogens (tertiary/aromatic N) is 2. The van der Waals surface area contributed by atoms with Crippen molar-refractivity contribution in [2.24, 2.45) is 0 Å². The van der Waals surface area contributed by atoms with E-state index in [4.69, 9.17) is 0 Å². The summed E-state index contributed by atoms with van der Waals surface area (Å²) in [6.45, 7) is 4.79. The molecule has 0 bridgehead atoms. The van der Waals surface area contributed by atoms with E-state index in [-0.39, 0.29) is 5.41 Å². The summed E-state index contributed by atoms with van der Waals surface area (Å²) in [5.41, 5.74) is 17.5. The molecule has 0 spiro atoms. The van der Waals surface area contributed by atoms with E-state index in [1.54, 1.807) is 0 Å². The van der Waals surface area contributed by atoms with Crippen molar-refractivity contribution in [1.82, 2.24) is 9.13 Å². The molecule has 2 nitrogen and oxygen atoms in total. The lowest BCUT2D eigenvalue weighted by Gasteiger charge is -2.22. The first-order chi connectivity index (χ1) is 26.0. The van der Waals surface area contributed by atoms with Gasteiger partial charge in [-0.25, -0.2) is 0 Å². The third-order valence-corrected chi connectivity index (χ3v) is 11.7. The molecule has 8 aromatic carbocycles. The maximum atomic E-state index is 2.46. The van der Waals surface area contributed by atoms with Gasteiger partial charge in [0.1, 0.15) is 0 Å². The second kappa shape index (κ2) is 11.2. The first-order valence-electron chi connectivity index (χ1n) is 18.5. The smallest absolute Gasteiger partial charge is 0.0547 e. The molecular formula is C51H36N2. The molecule has 10 aromatic rings. The second-order valence-electron chi connectivity index (χ2n) is 15.0. The van der Waals surface area contributed by atoms with E-state index < -0.39 is 0 Å². The van der Waals surface area contributed by atoms with Crippen LogP contribution in [0.1, 0.15) is 25.0 Å². The molecule has 2 heterocycles. The molecule has 0 radical (unpaired) electrons. The Morgan fingerprint density at radius 3 is 1.57 bits per heavy atom. The topological polar surface area (TPSA) is 9.86 Å². The Morgan fingerprint density at radius 2 is 0.830 bits per heavy atom. The standard InChI is InChI=1S/C51H36N2/c1-51(2)45-29-35(22-25-39(45)42-31-44-40-20-12-13-21-47(40)52(50(44)32-46(42)51)37-16-8-4-9-17-37)34-24-27-48-43(28-34)41-26-23-36(33-14-6-3-7-15-33)30-49(41)53(48)38-18-10-5-11-19-38/h3-32H,1-2H3. The number of hydrogen-bond donors (Lipinski definition) is 0. The first-order valence-corrected chi connectivity index (χ1v) is 18.5. The second-order valence-corrected chi connectivity index (χ2v) is 15.0. The van der Waals surface area contributed by atoms with Gasteiger partial charge in [-0.2, -0.15) is 0 Å². The molecule has 0 N–H and O–H groups in total. The highest BCUT2D eigenvalue weighted by atomic mass is 15.0. The maximum absolute atomic E-state index is 2.46. The van der Waals surface area contributed by atoms with Gasteiger partial charge in [0.2, 0.25) is 0 Å². The zero-order chi connectivity index (χ0) is 35.3. The first kappa shape index (κ1) is 30.0. The number of hydrogen-bond acceptors (Lipinski definition) is 0. The summed E-state index contributed by atoms with van der Waals surface area (Å²) >= 11 is 0. The molecule has 2 heteroatoms. The molecule has 0 saturated heterocycles. The van der Waals surface area contributed by atoms with Crippen LogP contribution in [0.3, 0.4) is 0 Å². The monoisotopic (exact) mass is 676 g/mol. The predicted molar refractivity (Wildman–Crippen MR) is 224 cm³/mol. The quantitative estimate of drug-likeness (QED) is 0.176. The molecule has 0 unspecified atom stereocenters. The van der Waals surface area contributed by atoms with Gasteiger partial charge in [-0.1, -0.05) is 129 Å². The zero-order valence-corrected chi connectivity index (χ0v) is 29.7. The van der Waals surface area contributed by atoms with E-state index in [1.807, 2.05) is 0 Å². The van der Waals surface area contributed by atoms with Crippen molar-refractivity contribution >= 4 is 43.6 Å². The van der Waals surface area contributed by atoms with Gasteiger partial charge in [-0.3, -0.25) is 0 Å². The normalized spacial score (nSPS) is 13.2. The van der Waals surface area contributed by atoms with Gasteiger partial charge in [0.15, 0.2) is 0 Å². The maximum Gasteiger partial charge on any atom is 0.0547 e. The fraction of sp³-hybridized carbons (Fsp3) is 0.0588. The van der Waals surface area contributed by atoms with Crippen LogP contribution in [0.2, 0.25) is 0 Å². The Bertz CT molecular complexity index is 3050. The predicted octanol–water partition coefficient (Wildman–Crippen LogP) is 13.5. The number of para-hydroxylation sites is 3. The highest BCUT2D eigenvalue weighted by molar-refractivity contribution is 6.13. The SMILES string of the molecule is CC1(C)c2cc(-c3ccc4c(c3)c3ccc(-c5ccccc5)cc3n4-c3ccccc3)ccc2-c2cc3c4ccccc4n(-c4ccccc4)c3cc21. The van der Waals surface area contributed by atoms with Gasteiger partial charge in [0.05, 0.1) is 22.1 Å². The molecule has 0 fully saturated rings. The molecule has 250 valence electrons. The van der Waals surface area contributed by atoms with Crippen molar-refractivity contribution in [3.05, 3.63) is 193 Å². The van der Waals surface area contributed by atoms with Crippen molar-refractivity contribution in [3.8, 4) is 44.8 Å². The van der Waals surface area contributed by atoms with Crippen LogP contribution in [-0.4, -0.2) is 9.13 Å². The molecule has 2 aromatic heterocycles. The lowest BCUT2D eigenvalue weighted by Crippen LogP contribution is -2.15. The van der Waals surface area contributed by atoms with E-state index in [0.29, 0.717) is 0 Å². The molecular weight excluding hydrogens is 641 g/mol. The minimum absolute atomic E-state index is 0.159. The van der Waals surface area contributed by atoms with Crippen LogP contribution in [0.5, 0.6) is 0 Å². The summed E-state index contributed by atoms with van der Waals surface area (Å²) in [6.07, 6.45) is 0. The number of aromatic nitrogens is 2. The van der Waals surface area contributed by atoms with Crippen LogP contribution in [0, 0.1) is 0 Å². The lowest BCUT2D eigenvalue weighted by atomic mass is 9.81. The molecule has 0 amide bonds. The van der Waals surface area contributed by atoms with Crippen molar-refractivity contribution in [2.75, 3.05) is 0 Å². The average Bonchev–Trinajstić information content (AvgIpc) is 3.80. The molecule has 1 aliphatic rings. The summed E-state index contributed by atoms with van der Waals surface area (Å²) in [4.78, 5) is 0. The van der Waals surface area contributed by atoms with Crippen LogP contribution < -0.4 is 0 Å². The number of fused-ring (bicyclic) bond motifs is 9. The van der Waals surface area contributed by atoms with Crippen LogP contribution in [-0.2, 0) is 5.41 Å². The Labute approximate surface area is 308 Å². The fourth-order valence-corrected chi connectivity index (χ4v) is 9.10. The van der Waals surface area contributed by atoms with Crippen LogP contribution in [0.4, 0.5) is 0 Å². The van der Waals surface area contributed by atoms with E-state index in [0.717, 1.165) is 0 Å². The fourth-order valence-electron chi connectivity index (χ4n) is 9.10. The minimum atomic E-state index is -0.159. The number of benzene rings is 8. The van der Waals surface area contributed by atoms with Crippen molar-refractivity contribution < 1.29 is 0 Å². The molecule has 0 atom stereocenters. The van der Waals surface area contributed by atoms with Gasteiger partial charge in [0.25, 0.3) is 0 Å². The summed E-state index contributed by atoms with van der Waals surface area (Å²) < 4.78 is 4.85. The third-order valence-electron chi connectivity index (χ3n) is 11.7. The van der Waals surface area contributed by atoms with Crippen LogP contribution in [0.25, 0.3) is 88.4 Å². The van der Waals surface area contributed by atoms with Gasteiger partial charge in [-0.05, 0) is 111 Å². The zero-order valence-electron chi connectivity index (χ0n) is 29.7. The molecule has 0 saturated carbocycles.